The van der Waals surface area contributed by atoms with Gasteiger partial charge in [0, 0.05) is 44.6 Å². The minimum atomic E-state index is 0.415. The summed E-state index contributed by atoms with van der Waals surface area (Å²) in [6.45, 7) is 18.2. The van der Waals surface area contributed by atoms with Crippen LogP contribution in [0.5, 0.6) is 0 Å². The van der Waals surface area contributed by atoms with E-state index in [2.05, 4.69) is 67.9 Å². The lowest BCUT2D eigenvalue weighted by molar-refractivity contribution is 0.0970. The van der Waals surface area contributed by atoms with Crippen LogP contribution in [0.2, 0.25) is 0 Å². The number of piperazine rings is 1. The molecule has 3 heteroatoms. The highest BCUT2D eigenvalue weighted by atomic mass is 15.3. The monoisotopic (exact) mass is 385 g/mol. The average Bonchev–Trinajstić information content (AvgIpc) is 2.64. The number of anilines is 2. The molecule has 0 radical (unpaired) electrons. The third-order valence-corrected chi connectivity index (χ3v) is 6.85. The maximum atomic E-state index is 3.38. The van der Waals surface area contributed by atoms with Crippen LogP contribution in [0.4, 0.5) is 11.4 Å². The van der Waals surface area contributed by atoms with Crippen LogP contribution in [-0.2, 0) is 0 Å². The van der Waals surface area contributed by atoms with Crippen molar-refractivity contribution in [3.63, 3.8) is 0 Å². The number of nitrogens with one attached hydrogen (secondary N) is 1. The lowest BCUT2D eigenvalue weighted by atomic mass is 9.60. The second kappa shape index (κ2) is 8.65. The second-order valence-electron chi connectivity index (χ2n) is 10.8. The highest BCUT2D eigenvalue weighted by Crippen LogP contribution is 2.53. The van der Waals surface area contributed by atoms with Crippen molar-refractivity contribution in [3.8, 4) is 0 Å². The van der Waals surface area contributed by atoms with Gasteiger partial charge in [0.1, 0.15) is 0 Å². The molecule has 1 aromatic carbocycles. The maximum Gasteiger partial charge on any atom is 0.0404 e. The zero-order valence-corrected chi connectivity index (χ0v) is 19.3. The average molecular weight is 386 g/mol. The molecule has 0 amide bonds. The van der Waals surface area contributed by atoms with Gasteiger partial charge in [-0.05, 0) is 72.7 Å². The zero-order chi connectivity index (χ0) is 20.4. The van der Waals surface area contributed by atoms with E-state index in [0.29, 0.717) is 16.7 Å². The van der Waals surface area contributed by atoms with Crippen molar-refractivity contribution >= 4 is 11.4 Å². The number of hydrogen-bond acceptors (Lipinski definition) is 3. The summed E-state index contributed by atoms with van der Waals surface area (Å²) < 4.78 is 0. The quantitative estimate of drug-likeness (QED) is 0.651. The van der Waals surface area contributed by atoms with Crippen molar-refractivity contribution < 1.29 is 0 Å². The van der Waals surface area contributed by atoms with E-state index in [1.807, 2.05) is 7.05 Å². The van der Waals surface area contributed by atoms with E-state index in [1.54, 1.807) is 5.56 Å². The van der Waals surface area contributed by atoms with Crippen LogP contribution in [0, 0.1) is 10.8 Å². The van der Waals surface area contributed by atoms with Gasteiger partial charge in [-0.25, -0.2) is 0 Å². The van der Waals surface area contributed by atoms with Crippen LogP contribution in [0.1, 0.15) is 78.2 Å². The number of benzene rings is 1. The minimum Gasteiger partial charge on any atom is -0.388 e. The Morgan fingerprint density at radius 3 is 2.21 bits per heavy atom. The van der Waals surface area contributed by atoms with E-state index in [0.717, 1.165) is 13.1 Å². The molecule has 3 nitrogen and oxygen atoms in total. The summed E-state index contributed by atoms with van der Waals surface area (Å²) in [6.07, 6.45) is 6.55. The number of rotatable bonds is 6. The van der Waals surface area contributed by atoms with Gasteiger partial charge >= 0.3 is 0 Å². The Morgan fingerprint density at radius 2 is 1.64 bits per heavy atom. The van der Waals surface area contributed by atoms with Gasteiger partial charge in [-0.3, -0.25) is 4.90 Å². The van der Waals surface area contributed by atoms with Gasteiger partial charge < -0.3 is 10.2 Å². The summed E-state index contributed by atoms with van der Waals surface area (Å²) in [4.78, 5) is 5.31. The maximum absolute atomic E-state index is 3.38. The van der Waals surface area contributed by atoms with E-state index >= 15 is 0 Å². The molecule has 28 heavy (non-hydrogen) atoms. The van der Waals surface area contributed by atoms with Gasteiger partial charge in [0.15, 0.2) is 0 Å². The standard InChI is InChI=1S/C25H43N3/c1-7-8-11-27-12-14-28(15-13-27)23-10-9-21(26-6)16-22(23)20-17-24(2,3)19-25(4,5)18-20/h9-10,16,20,26H,7-8,11-15,17-19H2,1-6H3. The third-order valence-electron chi connectivity index (χ3n) is 6.85. The summed E-state index contributed by atoms with van der Waals surface area (Å²) in [5.74, 6) is 0.653. The first kappa shape index (κ1) is 21.5. The normalized spacial score (nSPS) is 23.0. The summed E-state index contributed by atoms with van der Waals surface area (Å²) >= 11 is 0. The van der Waals surface area contributed by atoms with Crippen molar-refractivity contribution in [2.24, 2.45) is 10.8 Å². The first-order valence-corrected chi connectivity index (χ1v) is 11.5. The molecule has 1 saturated heterocycles. The molecule has 0 unspecified atom stereocenters. The van der Waals surface area contributed by atoms with Crippen molar-refractivity contribution in [2.75, 3.05) is 50.0 Å². The van der Waals surface area contributed by atoms with Gasteiger partial charge in [0.05, 0.1) is 0 Å². The molecular formula is C25H43N3. The molecule has 1 heterocycles. The van der Waals surface area contributed by atoms with Gasteiger partial charge in [-0.15, -0.1) is 0 Å². The SMILES string of the molecule is CCCCN1CCN(c2ccc(NC)cc2C2CC(C)(C)CC(C)(C)C2)CC1. The molecule has 0 spiro atoms. The lowest BCUT2D eigenvalue weighted by Gasteiger charge is -2.46. The largest absolute Gasteiger partial charge is 0.388 e. The van der Waals surface area contributed by atoms with Crippen molar-refractivity contribution in [1.29, 1.82) is 0 Å². The molecule has 1 aliphatic carbocycles. The van der Waals surface area contributed by atoms with Crippen molar-refractivity contribution in [2.45, 2.75) is 72.6 Å². The third kappa shape index (κ3) is 5.23. The minimum absolute atomic E-state index is 0.415. The Balaban J connectivity index is 1.83. The van der Waals surface area contributed by atoms with Crippen LogP contribution >= 0.6 is 0 Å². The Hall–Kier alpha value is -1.22. The Morgan fingerprint density at radius 1 is 1.00 bits per heavy atom. The molecule has 0 bridgehead atoms. The zero-order valence-electron chi connectivity index (χ0n) is 19.3. The van der Waals surface area contributed by atoms with Crippen LogP contribution in [-0.4, -0.2) is 44.7 Å². The number of unbranched alkanes of at least 4 members (excludes halogenated alkanes) is 1. The van der Waals surface area contributed by atoms with E-state index in [-0.39, 0.29) is 0 Å². The molecule has 0 atom stereocenters. The summed E-state index contributed by atoms with van der Waals surface area (Å²) in [5.41, 5.74) is 5.15. The van der Waals surface area contributed by atoms with Gasteiger partial charge in [-0.2, -0.15) is 0 Å². The van der Waals surface area contributed by atoms with Crippen LogP contribution in [0.15, 0.2) is 18.2 Å². The van der Waals surface area contributed by atoms with Crippen LogP contribution in [0.3, 0.4) is 0 Å². The van der Waals surface area contributed by atoms with Crippen molar-refractivity contribution in [1.82, 2.24) is 4.90 Å². The van der Waals surface area contributed by atoms with E-state index in [9.17, 15) is 0 Å². The lowest BCUT2D eigenvalue weighted by Crippen LogP contribution is -2.47. The Bertz CT molecular complexity index is 625. The Kier molecular flexibility index (Phi) is 6.64. The molecule has 2 aliphatic rings. The van der Waals surface area contributed by atoms with Crippen molar-refractivity contribution in [3.05, 3.63) is 23.8 Å². The van der Waals surface area contributed by atoms with Gasteiger partial charge in [0.2, 0.25) is 0 Å². The molecule has 0 aromatic heterocycles. The molecule has 3 rings (SSSR count). The molecular weight excluding hydrogens is 342 g/mol. The molecule has 1 N–H and O–H groups in total. The van der Waals surface area contributed by atoms with Gasteiger partial charge in [0.25, 0.3) is 0 Å². The summed E-state index contributed by atoms with van der Waals surface area (Å²) in [6, 6.07) is 7.10. The van der Waals surface area contributed by atoms with E-state index < -0.39 is 0 Å². The molecule has 2 fully saturated rings. The first-order chi connectivity index (χ1) is 13.2. The molecule has 1 aromatic rings. The fraction of sp³-hybridized carbons (Fsp3) is 0.760. The molecule has 1 aliphatic heterocycles. The first-order valence-electron chi connectivity index (χ1n) is 11.5. The predicted molar refractivity (Wildman–Crippen MR) is 124 cm³/mol. The van der Waals surface area contributed by atoms with Crippen LogP contribution < -0.4 is 10.2 Å². The summed E-state index contributed by atoms with van der Waals surface area (Å²) in [7, 11) is 2.04. The van der Waals surface area contributed by atoms with Crippen LogP contribution in [0.25, 0.3) is 0 Å². The smallest absolute Gasteiger partial charge is 0.0404 e. The predicted octanol–water partition coefficient (Wildman–Crippen LogP) is 5.97. The number of hydrogen-bond donors (Lipinski definition) is 1. The fourth-order valence-corrected chi connectivity index (χ4v) is 5.99. The fourth-order valence-electron chi connectivity index (χ4n) is 5.99. The second-order valence-corrected chi connectivity index (χ2v) is 10.8. The topological polar surface area (TPSA) is 18.5 Å². The molecule has 1 saturated carbocycles. The Labute approximate surface area is 173 Å². The highest BCUT2D eigenvalue weighted by molar-refractivity contribution is 5.62. The van der Waals surface area contributed by atoms with E-state index in [4.69, 9.17) is 0 Å². The number of nitrogens with zero attached hydrogens (tertiary/aromatic N) is 2. The summed E-state index contributed by atoms with van der Waals surface area (Å²) in [5, 5.41) is 3.38. The molecule has 158 valence electrons. The van der Waals surface area contributed by atoms with Gasteiger partial charge in [-0.1, -0.05) is 41.0 Å². The highest BCUT2D eigenvalue weighted by Gasteiger charge is 2.40. The van der Waals surface area contributed by atoms with E-state index in [1.165, 1.54) is 63.1 Å².